The molecule has 0 spiro atoms. The molecule has 3 aromatic rings. The van der Waals surface area contributed by atoms with Crippen molar-refractivity contribution in [3.8, 4) is 17.2 Å². The predicted molar refractivity (Wildman–Crippen MR) is 135 cm³/mol. The lowest BCUT2D eigenvalue weighted by Gasteiger charge is -2.17. The second-order valence-corrected chi connectivity index (χ2v) is 8.63. The summed E-state index contributed by atoms with van der Waals surface area (Å²) < 4.78 is 16.1. The number of nitrogens with one attached hydrogen (secondary N) is 1. The first kappa shape index (κ1) is 24.8. The van der Waals surface area contributed by atoms with Gasteiger partial charge >= 0.3 is 5.97 Å². The Bertz CT molecular complexity index is 1250. The molecule has 1 N–H and O–H groups in total. The Kier molecular flexibility index (Phi) is 7.53. The molecule has 4 rings (SSSR count). The molecule has 0 radical (unpaired) electrons. The van der Waals surface area contributed by atoms with E-state index in [4.69, 9.17) is 14.2 Å². The average Bonchev–Trinajstić information content (AvgIpc) is 3.27. The lowest BCUT2D eigenvalue weighted by molar-refractivity contribution is -0.151. The highest BCUT2D eigenvalue weighted by Gasteiger charge is 2.36. The smallest absolute Gasteiger partial charge is 0.311 e. The fourth-order valence-electron chi connectivity index (χ4n) is 3.85. The summed E-state index contributed by atoms with van der Waals surface area (Å²) in [5.41, 5.74) is 3.56. The number of methoxy groups -OCH3 is 1. The molecule has 1 saturated heterocycles. The third kappa shape index (κ3) is 6.02. The van der Waals surface area contributed by atoms with Crippen LogP contribution in [0.2, 0.25) is 0 Å². The molecule has 2 amide bonds. The second kappa shape index (κ2) is 10.9. The van der Waals surface area contributed by atoms with Gasteiger partial charge in [-0.05, 0) is 85.6 Å². The zero-order chi connectivity index (χ0) is 25.7. The van der Waals surface area contributed by atoms with Crippen LogP contribution in [0.4, 0.5) is 11.4 Å². The van der Waals surface area contributed by atoms with Gasteiger partial charge in [-0.25, -0.2) is 0 Å². The summed E-state index contributed by atoms with van der Waals surface area (Å²) in [4.78, 5) is 38.7. The summed E-state index contributed by atoms with van der Waals surface area (Å²) in [7, 11) is 1.55. The summed E-state index contributed by atoms with van der Waals surface area (Å²) in [6.07, 6.45) is 0.0276. The number of amides is 2. The first-order chi connectivity index (χ1) is 17.3. The number of nitrogens with zero attached hydrogens (tertiary/aromatic N) is 1. The minimum Gasteiger partial charge on any atom is -0.497 e. The van der Waals surface area contributed by atoms with Gasteiger partial charge in [-0.1, -0.05) is 6.07 Å². The number of carbonyl (C=O) groups excluding carboxylic acids is 3. The zero-order valence-electron chi connectivity index (χ0n) is 20.4. The molecule has 36 heavy (non-hydrogen) atoms. The van der Waals surface area contributed by atoms with Gasteiger partial charge in [-0.2, -0.15) is 0 Å². The van der Waals surface area contributed by atoms with E-state index in [1.54, 1.807) is 60.5 Å². The molecule has 1 aliphatic heterocycles. The number of hydrogen-bond acceptors (Lipinski definition) is 6. The van der Waals surface area contributed by atoms with Gasteiger partial charge in [0, 0.05) is 24.3 Å². The Morgan fingerprint density at radius 2 is 1.58 bits per heavy atom. The maximum atomic E-state index is 12.6. The van der Waals surface area contributed by atoms with Crippen molar-refractivity contribution in [2.75, 3.05) is 30.5 Å². The van der Waals surface area contributed by atoms with Crippen molar-refractivity contribution in [1.82, 2.24) is 0 Å². The van der Waals surface area contributed by atoms with Crippen molar-refractivity contribution >= 4 is 29.2 Å². The minimum absolute atomic E-state index is 0.0276. The Morgan fingerprint density at radius 3 is 2.25 bits per heavy atom. The molecule has 0 saturated carbocycles. The van der Waals surface area contributed by atoms with E-state index in [1.807, 2.05) is 32.0 Å². The molecule has 186 valence electrons. The Hall–Kier alpha value is -4.33. The zero-order valence-corrected chi connectivity index (χ0v) is 20.4. The summed E-state index contributed by atoms with van der Waals surface area (Å²) in [6.45, 7) is 3.83. The minimum atomic E-state index is -0.641. The van der Waals surface area contributed by atoms with Gasteiger partial charge < -0.3 is 24.4 Å². The number of ether oxygens (including phenoxy) is 3. The van der Waals surface area contributed by atoms with E-state index in [9.17, 15) is 14.4 Å². The highest BCUT2D eigenvalue weighted by Crippen LogP contribution is 2.29. The van der Waals surface area contributed by atoms with E-state index in [0.29, 0.717) is 22.9 Å². The standard InChI is InChI=1S/C28H28N2O6/c1-18-4-9-25(14-19(18)2)36-24-12-7-22(8-13-24)30-16-20(15-27(30)32)28(33)35-17-26(31)29-21-5-10-23(34-3)11-6-21/h4-14,20H,15-17H2,1-3H3,(H,29,31)/t20-/m1/s1. The molecule has 3 aromatic carbocycles. The molecule has 0 unspecified atom stereocenters. The maximum Gasteiger partial charge on any atom is 0.311 e. The molecule has 8 heteroatoms. The van der Waals surface area contributed by atoms with Gasteiger partial charge in [0.1, 0.15) is 17.2 Å². The van der Waals surface area contributed by atoms with Crippen LogP contribution in [0.5, 0.6) is 17.2 Å². The molecule has 1 aliphatic rings. The second-order valence-electron chi connectivity index (χ2n) is 8.63. The SMILES string of the molecule is COc1ccc(NC(=O)COC(=O)[C@@H]2CC(=O)N(c3ccc(Oc4ccc(C)c(C)c4)cc3)C2)cc1. The lowest BCUT2D eigenvalue weighted by Crippen LogP contribution is -2.28. The third-order valence-electron chi connectivity index (χ3n) is 6.04. The number of hydrogen-bond donors (Lipinski definition) is 1. The Balaban J connectivity index is 1.28. The fraction of sp³-hybridized carbons (Fsp3) is 0.250. The van der Waals surface area contributed by atoms with E-state index in [-0.39, 0.29) is 18.9 Å². The van der Waals surface area contributed by atoms with E-state index in [1.165, 1.54) is 5.56 Å². The van der Waals surface area contributed by atoms with Gasteiger partial charge in [0.25, 0.3) is 5.91 Å². The summed E-state index contributed by atoms with van der Waals surface area (Å²) >= 11 is 0. The molecule has 1 atom stereocenters. The average molecular weight is 489 g/mol. The topological polar surface area (TPSA) is 94.2 Å². The molecular weight excluding hydrogens is 460 g/mol. The molecular formula is C28H28N2O6. The quantitative estimate of drug-likeness (QED) is 0.465. The van der Waals surface area contributed by atoms with E-state index < -0.39 is 24.4 Å². The van der Waals surface area contributed by atoms with Crippen LogP contribution in [0.15, 0.2) is 66.7 Å². The van der Waals surface area contributed by atoms with E-state index in [2.05, 4.69) is 5.32 Å². The summed E-state index contributed by atoms with van der Waals surface area (Å²) in [5.74, 6) is 0.188. The Morgan fingerprint density at radius 1 is 0.917 bits per heavy atom. The maximum absolute atomic E-state index is 12.6. The predicted octanol–water partition coefficient (Wildman–Crippen LogP) is 4.64. The van der Waals surface area contributed by atoms with Crippen LogP contribution in [0.25, 0.3) is 0 Å². The van der Waals surface area contributed by atoms with Gasteiger partial charge in [0.2, 0.25) is 5.91 Å². The number of esters is 1. The highest BCUT2D eigenvalue weighted by atomic mass is 16.5. The first-order valence-electron chi connectivity index (χ1n) is 11.6. The van der Waals surface area contributed by atoms with Crippen LogP contribution in [0, 0.1) is 19.8 Å². The fourth-order valence-corrected chi connectivity index (χ4v) is 3.85. The number of anilines is 2. The number of rotatable bonds is 8. The number of aryl methyl sites for hydroxylation is 2. The van der Waals surface area contributed by atoms with Crippen LogP contribution in [0.3, 0.4) is 0 Å². The van der Waals surface area contributed by atoms with Crippen molar-refractivity contribution in [2.45, 2.75) is 20.3 Å². The largest absolute Gasteiger partial charge is 0.497 e. The van der Waals surface area contributed by atoms with Crippen molar-refractivity contribution in [1.29, 1.82) is 0 Å². The van der Waals surface area contributed by atoms with Crippen molar-refractivity contribution in [3.05, 3.63) is 77.9 Å². The normalized spacial score (nSPS) is 14.9. The number of benzene rings is 3. The van der Waals surface area contributed by atoms with Gasteiger partial charge in [0.05, 0.1) is 13.0 Å². The molecule has 8 nitrogen and oxygen atoms in total. The van der Waals surface area contributed by atoms with Crippen LogP contribution >= 0.6 is 0 Å². The monoisotopic (exact) mass is 488 g/mol. The van der Waals surface area contributed by atoms with E-state index in [0.717, 1.165) is 11.3 Å². The van der Waals surface area contributed by atoms with Crippen molar-refractivity contribution in [2.24, 2.45) is 5.92 Å². The molecule has 1 fully saturated rings. The highest BCUT2D eigenvalue weighted by molar-refractivity contribution is 6.00. The molecule has 0 bridgehead atoms. The van der Waals surface area contributed by atoms with Crippen molar-refractivity contribution < 1.29 is 28.6 Å². The van der Waals surface area contributed by atoms with Crippen LogP contribution in [-0.2, 0) is 19.1 Å². The summed E-state index contributed by atoms with van der Waals surface area (Å²) in [6, 6.07) is 19.8. The van der Waals surface area contributed by atoms with Gasteiger partial charge in [-0.3, -0.25) is 14.4 Å². The van der Waals surface area contributed by atoms with Crippen LogP contribution in [0.1, 0.15) is 17.5 Å². The third-order valence-corrected chi connectivity index (χ3v) is 6.04. The molecule has 0 aromatic heterocycles. The van der Waals surface area contributed by atoms with Crippen LogP contribution in [-0.4, -0.2) is 38.0 Å². The van der Waals surface area contributed by atoms with E-state index >= 15 is 0 Å². The molecule has 1 heterocycles. The van der Waals surface area contributed by atoms with Gasteiger partial charge in [-0.15, -0.1) is 0 Å². The number of carbonyl (C=O) groups is 3. The summed E-state index contributed by atoms with van der Waals surface area (Å²) in [5, 5.41) is 2.65. The van der Waals surface area contributed by atoms with Gasteiger partial charge in [0.15, 0.2) is 6.61 Å². The Labute approximate surface area is 209 Å². The lowest BCUT2D eigenvalue weighted by atomic mass is 10.1. The first-order valence-corrected chi connectivity index (χ1v) is 11.6. The molecule has 0 aliphatic carbocycles. The van der Waals surface area contributed by atoms with Crippen molar-refractivity contribution in [3.63, 3.8) is 0 Å². The van der Waals surface area contributed by atoms with Crippen LogP contribution < -0.4 is 19.7 Å².